The number of unbranched alkanes of at least 4 members (excludes halogenated alkanes) is 1. The monoisotopic (exact) mass is 311 g/mol. The second-order valence-corrected chi connectivity index (χ2v) is 5.36. The number of aliphatic imine (C=N–C) groups is 1. The maximum atomic E-state index is 5.85. The van der Waals surface area contributed by atoms with Crippen molar-refractivity contribution in [3.63, 3.8) is 0 Å². The lowest BCUT2D eigenvalue weighted by Gasteiger charge is -2.07. The number of guanidine groups is 1. The number of nitrogens with zero attached hydrogens (tertiary/aromatic N) is 1. The highest BCUT2D eigenvalue weighted by molar-refractivity contribution is 5.77. The zero-order valence-corrected chi connectivity index (χ0v) is 13.4. The van der Waals surface area contributed by atoms with E-state index in [-0.39, 0.29) is 0 Å². The summed E-state index contributed by atoms with van der Waals surface area (Å²) in [4.78, 5) is 4.32. The van der Waals surface area contributed by atoms with Crippen LogP contribution in [0.3, 0.4) is 0 Å². The normalized spacial score (nSPS) is 11.4. The van der Waals surface area contributed by atoms with Gasteiger partial charge in [-0.3, -0.25) is 0 Å². The molecule has 0 bridgehead atoms. The highest BCUT2D eigenvalue weighted by Gasteiger charge is 1.95. The van der Waals surface area contributed by atoms with E-state index in [0.717, 1.165) is 31.6 Å². The van der Waals surface area contributed by atoms with Gasteiger partial charge in [0.15, 0.2) is 5.96 Å². The van der Waals surface area contributed by atoms with E-state index in [1.54, 1.807) is 0 Å². The van der Waals surface area contributed by atoms with Crippen molar-refractivity contribution < 1.29 is 4.74 Å². The van der Waals surface area contributed by atoms with E-state index in [4.69, 9.17) is 10.5 Å². The van der Waals surface area contributed by atoms with Gasteiger partial charge >= 0.3 is 0 Å². The number of nitrogens with two attached hydrogens (primary N) is 1. The first kappa shape index (κ1) is 17.0. The van der Waals surface area contributed by atoms with Crippen LogP contribution in [-0.2, 0) is 17.9 Å². The predicted molar refractivity (Wildman–Crippen MR) is 95.1 cm³/mol. The number of hydrogen-bond donors (Lipinski definition) is 2. The van der Waals surface area contributed by atoms with E-state index in [0.29, 0.717) is 19.1 Å². The zero-order chi connectivity index (χ0) is 16.2. The molecule has 0 fully saturated rings. The summed E-state index contributed by atoms with van der Waals surface area (Å²) in [5.74, 6) is 0.499. The molecule has 0 heterocycles. The van der Waals surface area contributed by atoms with Crippen molar-refractivity contribution in [1.29, 1.82) is 0 Å². The summed E-state index contributed by atoms with van der Waals surface area (Å²) in [6.45, 7) is 2.87. The van der Waals surface area contributed by atoms with Crippen molar-refractivity contribution in [2.24, 2.45) is 10.7 Å². The fraction of sp³-hybridized carbons (Fsp3) is 0.316. The summed E-state index contributed by atoms with van der Waals surface area (Å²) >= 11 is 0. The molecule has 2 aromatic carbocycles. The molecular weight excluding hydrogens is 286 g/mol. The van der Waals surface area contributed by atoms with Gasteiger partial charge in [0.25, 0.3) is 0 Å². The topological polar surface area (TPSA) is 59.6 Å². The minimum Gasteiger partial charge on any atom is -0.377 e. The van der Waals surface area contributed by atoms with Crippen LogP contribution in [0.2, 0.25) is 0 Å². The molecule has 0 spiro atoms. The minimum atomic E-state index is 0.499. The van der Waals surface area contributed by atoms with E-state index in [1.165, 1.54) is 5.56 Å². The van der Waals surface area contributed by atoms with Crippen LogP contribution in [0.25, 0.3) is 0 Å². The van der Waals surface area contributed by atoms with E-state index in [1.807, 2.05) is 48.5 Å². The molecule has 2 aromatic rings. The Balaban J connectivity index is 1.50. The van der Waals surface area contributed by atoms with Crippen molar-refractivity contribution in [3.8, 4) is 0 Å². The molecule has 23 heavy (non-hydrogen) atoms. The summed E-state index contributed by atoms with van der Waals surface area (Å²) in [6, 6.07) is 20.3. The third kappa shape index (κ3) is 7.47. The summed E-state index contributed by atoms with van der Waals surface area (Å²) in [6.07, 6.45) is 2.02. The Morgan fingerprint density at radius 1 is 0.913 bits per heavy atom. The molecule has 0 aliphatic rings. The van der Waals surface area contributed by atoms with Crippen LogP contribution in [0, 0.1) is 0 Å². The van der Waals surface area contributed by atoms with Gasteiger partial charge in [-0.05, 0) is 24.0 Å². The molecule has 4 heteroatoms. The highest BCUT2D eigenvalue weighted by Crippen LogP contribution is 2.01. The van der Waals surface area contributed by atoms with Crippen LogP contribution in [0.4, 0.5) is 0 Å². The lowest BCUT2D eigenvalue weighted by Crippen LogP contribution is -2.32. The number of rotatable bonds is 9. The molecular formula is C19H25N3O. The van der Waals surface area contributed by atoms with Gasteiger partial charge in [0.1, 0.15) is 0 Å². The predicted octanol–water partition coefficient (Wildman–Crippen LogP) is 3.09. The largest absolute Gasteiger partial charge is 0.377 e. The first-order valence-electron chi connectivity index (χ1n) is 8.04. The molecule has 0 saturated heterocycles. The number of hydrogen-bond acceptors (Lipinski definition) is 2. The van der Waals surface area contributed by atoms with Gasteiger partial charge in [-0.25, -0.2) is 4.99 Å². The highest BCUT2D eigenvalue weighted by atomic mass is 16.5. The average Bonchev–Trinajstić information content (AvgIpc) is 2.61. The molecule has 3 N–H and O–H groups in total. The molecule has 0 aromatic heterocycles. The first-order valence-corrected chi connectivity index (χ1v) is 8.04. The Labute approximate surface area is 138 Å². The van der Waals surface area contributed by atoms with Gasteiger partial charge < -0.3 is 15.8 Å². The fourth-order valence-corrected chi connectivity index (χ4v) is 2.13. The molecule has 4 nitrogen and oxygen atoms in total. The van der Waals surface area contributed by atoms with Crippen LogP contribution in [0.1, 0.15) is 24.0 Å². The summed E-state index contributed by atoms with van der Waals surface area (Å²) in [5, 5.41) is 3.13. The third-order valence-corrected chi connectivity index (χ3v) is 3.41. The zero-order valence-electron chi connectivity index (χ0n) is 13.4. The van der Waals surface area contributed by atoms with E-state index >= 15 is 0 Å². The van der Waals surface area contributed by atoms with Crippen LogP contribution in [0.5, 0.6) is 0 Å². The second-order valence-electron chi connectivity index (χ2n) is 5.36. The van der Waals surface area contributed by atoms with Gasteiger partial charge in [-0.15, -0.1) is 0 Å². The van der Waals surface area contributed by atoms with Crippen molar-refractivity contribution in [2.75, 3.05) is 13.2 Å². The second kappa shape index (κ2) is 10.4. The number of nitrogens with one attached hydrogen (secondary N) is 1. The molecule has 0 atom stereocenters. The van der Waals surface area contributed by atoms with Crippen LogP contribution >= 0.6 is 0 Å². The standard InChI is InChI=1S/C19H25N3O/c20-19(22-15-17-9-3-1-4-10-17)21-13-7-8-14-23-16-18-11-5-2-6-12-18/h1-6,9-12H,7-8,13-16H2,(H3,20,21,22). The Morgan fingerprint density at radius 2 is 1.57 bits per heavy atom. The van der Waals surface area contributed by atoms with E-state index < -0.39 is 0 Å². The molecule has 0 amide bonds. The van der Waals surface area contributed by atoms with Crippen molar-refractivity contribution in [3.05, 3.63) is 71.8 Å². The molecule has 0 aliphatic carbocycles. The lowest BCUT2D eigenvalue weighted by molar-refractivity contribution is 0.117. The van der Waals surface area contributed by atoms with Crippen LogP contribution in [0.15, 0.2) is 65.7 Å². The van der Waals surface area contributed by atoms with Gasteiger partial charge in [-0.2, -0.15) is 0 Å². The Kier molecular flexibility index (Phi) is 7.70. The average molecular weight is 311 g/mol. The van der Waals surface area contributed by atoms with Crippen molar-refractivity contribution >= 4 is 5.96 Å². The van der Waals surface area contributed by atoms with E-state index in [2.05, 4.69) is 22.4 Å². The van der Waals surface area contributed by atoms with E-state index in [9.17, 15) is 0 Å². The molecule has 0 saturated carbocycles. The molecule has 122 valence electrons. The van der Waals surface area contributed by atoms with Crippen LogP contribution < -0.4 is 11.1 Å². The Hall–Kier alpha value is -2.33. The summed E-state index contributed by atoms with van der Waals surface area (Å²) in [7, 11) is 0. The molecule has 0 radical (unpaired) electrons. The van der Waals surface area contributed by atoms with Crippen LogP contribution in [-0.4, -0.2) is 19.1 Å². The summed E-state index contributed by atoms with van der Waals surface area (Å²) < 4.78 is 5.64. The van der Waals surface area contributed by atoms with Gasteiger partial charge in [0.05, 0.1) is 13.2 Å². The summed E-state index contributed by atoms with van der Waals surface area (Å²) in [5.41, 5.74) is 8.22. The fourth-order valence-electron chi connectivity index (χ4n) is 2.13. The maximum absolute atomic E-state index is 5.85. The minimum absolute atomic E-state index is 0.499. The molecule has 0 aliphatic heterocycles. The number of benzene rings is 2. The van der Waals surface area contributed by atoms with Crippen molar-refractivity contribution in [2.45, 2.75) is 26.0 Å². The maximum Gasteiger partial charge on any atom is 0.188 e. The third-order valence-electron chi connectivity index (χ3n) is 3.41. The quantitative estimate of drug-likeness (QED) is 0.425. The van der Waals surface area contributed by atoms with Gasteiger partial charge in [-0.1, -0.05) is 60.7 Å². The molecule has 2 rings (SSSR count). The smallest absolute Gasteiger partial charge is 0.188 e. The lowest BCUT2D eigenvalue weighted by atomic mass is 10.2. The van der Waals surface area contributed by atoms with Gasteiger partial charge in [0, 0.05) is 13.2 Å². The molecule has 0 unspecified atom stereocenters. The van der Waals surface area contributed by atoms with Crippen molar-refractivity contribution in [1.82, 2.24) is 5.32 Å². The Bertz CT molecular complexity index is 570. The number of ether oxygens (including phenoxy) is 1. The first-order chi connectivity index (χ1) is 11.3. The Morgan fingerprint density at radius 3 is 2.26 bits per heavy atom. The SMILES string of the molecule is NC(=NCc1ccccc1)NCCCCOCc1ccccc1. The van der Waals surface area contributed by atoms with Gasteiger partial charge in [0.2, 0.25) is 0 Å².